The first kappa shape index (κ1) is 10.6. The molecule has 0 atom stereocenters. The number of hydrogen-bond acceptors (Lipinski definition) is 2. The van der Waals surface area contributed by atoms with Gasteiger partial charge in [0.05, 0.1) is 0 Å². The Kier molecular flexibility index (Phi) is 3.07. The summed E-state index contributed by atoms with van der Waals surface area (Å²) in [6.45, 7) is 0. The van der Waals surface area contributed by atoms with Crippen molar-refractivity contribution in [2.75, 3.05) is 0 Å². The van der Waals surface area contributed by atoms with Crippen LogP contribution in [0.2, 0.25) is 0 Å². The quantitative estimate of drug-likeness (QED) is 0.716. The zero-order valence-corrected chi connectivity index (χ0v) is 8.49. The Morgan fingerprint density at radius 3 is 2.47 bits per heavy atom. The molecule has 0 aromatic heterocycles. The third-order valence-electron chi connectivity index (χ3n) is 3.11. The summed E-state index contributed by atoms with van der Waals surface area (Å²) in [5, 5.41) is 18.0. The number of halogens is 1. The third kappa shape index (κ3) is 2.21. The zero-order valence-electron chi connectivity index (χ0n) is 8.49. The van der Waals surface area contributed by atoms with Crippen molar-refractivity contribution in [1.29, 1.82) is 0 Å². The van der Waals surface area contributed by atoms with E-state index in [1.807, 2.05) is 0 Å². The molecule has 2 rings (SSSR count). The van der Waals surface area contributed by atoms with Crippen molar-refractivity contribution < 1.29 is 14.4 Å². The molecule has 1 aromatic carbocycles. The summed E-state index contributed by atoms with van der Waals surface area (Å²) in [4.78, 5) is 0. The van der Waals surface area contributed by atoms with Crippen molar-refractivity contribution in [3.05, 3.63) is 29.6 Å². The lowest BCUT2D eigenvalue weighted by atomic mass is 9.78. The fourth-order valence-corrected chi connectivity index (χ4v) is 2.27. The average Bonchev–Trinajstić information content (AvgIpc) is 2.71. The average molecular weight is 208 g/mol. The van der Waals surface area contributed by atoms with Crippen LogP contribution in [-0.4, -0.2) is 17.2 Å². The van der Waals surface area contributed by atoms with E-state index in [4.69, 9.17) is 10.0 Å². The summed E-state index contributed by atoms with van der Waals surface area (Å²) < 4.78 is 13.5. The molecule has 0 unspecified atom stereocenters. The van der Waals surface area contributed by atoms with E-state index in [2.05, 4.69) is 0 Å². The van der Waals surface area contributed by atoms with E-state index in [-0.39, 0.29) is 11.7 Å². The van der Waals surface area contributed by atoms with Crippen molar-refractivity contribution in [3.63, 3.8) is 0 Å². The molecule has 1 saturated carbocycles. The van der Waals surface area contributed by atoms with Crippen LogP contribution in [0.15, 0.2) is 18.2 Å². The standard InChI is InChI=1S/C11H14BFO2/c13-11-6-5-9(12(14)15)7-10(11)8-3-1-2-4-8/h5-8,14-15H,1-4H2. The minimum absolute atomic E-state index is 0.230. The molecule has 0 spiro atoms. The Balaban J connectivity index is 2.31. The first-order valence-corrected chi connectivity index (χ1v) is 5.34. The maximum absolute atomic E-state index is 13.5. The van der Waals surface area contributed by atoms with Crippen molar-refractivity contribution in [2.24, 2.45) is 0 Å². The molecule has 15 heavy (non-hydrogen) atoms. The maximum atomic E-state index is 13.5. The van der Waals surface area contributed by atoms with Gasteiger partial charge in [-0.1, -0.05) is 25.0 Å². The van der Waals surface area contributed by atoms with Crippen LogP contribution < -0.4 is 5.46 Å². The fraction of sp³-hybridized carbons (Fsp3) is 0.455. The van der Waals surface area contributed by atoms with Gasteiger partial charge in [0.15, 0.2) is 0 Å². The monoisotopic (exact) mass is 208 g/mol. The molecule has 0 amide bonds. The number of rotatable bonds is 2. The molecule has 1 aliphatic rings. The second-order valence-electron chi connectivity index (χ2n) is 4.14. The highest BCUT2D eigenvalue weighted by molar-refractivity contribution is 6.58. The molecule has 0 saturated heterocycles. The van der Waals surface area contributed by atoms with Crippen LogP contribution >= 0.6 is 0 Å². The van der Waals surface area contributed by atoms with Crippen LogP contribution in [0.5, 0.6) is 0 Å². The molecular weight excluding hydrogens is 194 g/mol. The van der Waals surface area contributed by atoms with E-state index in [0.717, 1.165) is 25.7 Å². The Morgan fingerprint density at radius 1 is 1.20 bits per heavy atom. The first-order valence-electron chi connectivity index (χ1n) is 5.34. The van der Waals surface area contributed by atoms with Crippen molar-refractivity contribution in [1.82, 2.24) is 0 Å². The van der Waals surface area contributed by atoms with Gasteiger partial charge in [0, 0.05) is 0 Å². The van der Waals surface area contributed by atoms with Gasteiger partial charge in [-0.3, -0.25) is 0 Å². The van der Waals surface area contributed by atoms with Gasteiger partial charge in [-0.05, 0) is 35.9 Å². The molecule has 0 aliphatic heterocycles. The van der Waals surface area contributed by atoms with Gasteiger partial charge in [-0.2, -0.15) is 0 Å². The Labute approximate surface area is 88.9 Å². The van der Waals surface area contributed by atoms with Crippen molar-refractivity contribution in [2.45, 2.75) is 31.6 Å². The minimum Gasteiger partial charge on any atom is -0.423 e. The topological polar surface area (TPSA) is 40.5 Å². The SMILES string of the molecule is OB(O)c1ccc(F)c(C2CCCC2)c1. The predicted molar refractivity (Wildman–Crippen MR) is 57.4 cm³/mol. The highest BCUT2D eigenvalue weighted by Gasteiger charge is 2.22. The molecule has 1 aromatic rings. The van der Waals surface area contributed by atoms with E-state index in [9.17, 15) is 4.39 Å². The van der Waals surface area contributed by atoms with Gasteiger partial charge in [-0.25, -0.2) is 4.39 Å². The van der Waals surface area contributed by atoms with Gasteiger partial charge < -0.3 is 10.0 Å². The molecule has 0 radical (unpaired) electrons. The van der Waals surface area contributed by atoms with Crippen LogP contribution in [0.1, 0.15) is 37.2 Å². The summed E-state index contributed by atoms with van der Waals surface area (Å²) in [5.41, 5.74) is 1.01. The second-order valence-corrected chi connectivity index (χ2v) is 4.14. The van der Waals surface area contributed by atoms with Crippen molar-refractivity contribution in [3.8, 4) is 0 Å². The molecule has 4 heteroatoms. The van der Waals surface area contributed by atoms with E-state index >= 15 is 0 Å². The fourth-order valence-electron chi connectivity index (χ4n) is 2.27. The predicted octanol–water partition coefficient (Wildman–Crippen LogP) is 1.16. The normalized spacial score (nSPS) is 17.0. The van der Waals surface area contributed by atoms with E-state index < -0.39 is 7.12 Å². The van der Waals surface area contributed by atoms with Crippen LogP contribution in [0.3, 0.4) is 0 Å². The molecule has 2 nitrogen and oxygen atoms in total. The maximum Gasteiger partial charge on any atom is 0.488 e. The van der Waals surface area contributed by atoms with Crippen LogP contribution in [0, 0.1) is 5.82 Å². The highest BCUT2D eigenvalue weighted by Crippen LogP contribution is 2.34. The lowest BCUT2D eigenvalue weighted by Crippen LogP contribution is -2.30. The molecule has 80 valence electrons. The summed E-state index contributed by atoms with van der Waals surface area (Å²) >= 11 is 0. The largest absolute Gasteiger partial charge is 0.488 e. The Bertz CT molecular complexity index is 348. The minimum atomic E-state index is -1.51. The Morgan fingerprint density at radius 2 is 1.87 bits per heavy atom. The zero-order chi connectivity index (χ0) is 10.8. The van der Waals surface area contributed by atoms with E-state index in [1.54, 1.807) is 6.07 Å². The third-order valence-corrected chi connectivity index (χ3v) is 3.11. The lowest BCUT2D eigenvalue weighted by Gasteiger charge is -2.12. The van der Waals surface area contributed by atoms with Crippen LogP contribution in [-0.2, 0) is 0 Å². The molecule has 0 bridgehead atoms. The van der Waals surface area contributed by atoms with Gasteiger partial charge in [0.2, 0.25) is 0 Å². The van der Waals surface area contributed by atoms with Gasteiger partial charge in [-0.15, -0.1) is 0 Å². The van der Waals surface area contributed by atoms with E-state index in [0.29, 0.717) is 11.0 Å². The summed E-state index contributed by atoms with van der Waals surface area (Å²) in [7, 11) is -1.51. The smallest absolute Gasteiger partial charge is 0.423 e. The molecule has 0 heterocycles. The van der Waals surface area contributed by atoms with Crippen LogP contribution in [0.25, 0.3) is 0 Å². The summed E-state index contributed by atoms with van der Waals surface area (Å²) in [6.07, 6.45) is 4.27. The lowest BCUT2D eigenvalue weighted by molar-refractivity contribution is 0.425. The summed E-state index contributed by atoms with van der Waals surface area (Å²) in [5.74, 6) is 0.0231. The van der Waals surface area contributed by atoms with E-state index in [1.165, 1.54) is 12.1 Å². The van der Waals surface area contributed by atoms with Crippen LogP contribution in [0.4, 0.5) is 4.39 Å². The first-order chi connectivity index (χ1) is 7.18. The molecular formula is C11H14BFO2. The molecule has 1 aliphatic carbocycles. The second kappa shape index (κ2) is 4.33. The number of hydrogen-bond donors (Lipinski definition) is 2. The molecule has 1 fully saturated rings. The molecule has 2 N–H and O–H groups in total. The Hall–Kier alpha value is -0.865. The summed E-state index contributed by atoms with van der Waals surface area (Å²) in [6, 6.07) is 4.32. The van der Waals surface area contributed by atoms with Crippen molar-refractivity contribution >= 4 is 12.6 Å². The number of benzene rings is 1. The van der Waals surface area contributed by atoms with Gasteiger partial charge in [0.1, 0.15) is 5.82 Å². The highest BCUT2D eigenvalue weighted by atomic mass is 19.1. The van der Waals surface area contributed by atoms with Gasteiger partial charge in [0.25, 0.3) is 0 Å². The van der Waals surface area contributed by atoms with Gasteiger partial charge >= 0.3 is 7.12 Å².